The Balaban J connectivity index is 0. The molecule has 0 N–H and O–H groups in total. The zero-order chi connectivity index (χ0) is 4.00. The van der Waals surface area contributed by atoms with Crippen molar-refractivity contribution in [2.75, 3.05) is 0 Å². The zero-order valence-corrected chi connectivity index (χ0v) is 8.29. The van der Waals surface area contributed by atoms with Crippen LogP contribution >= 0.6 is 11.3 Å². The summed E-state index contributed by atoms with van der Waals surface area (Å²) in [6, 6.07) is 0. The molecule has 0 aliphatic rings. The van der Waals surface area contributed by atoms with Gasteiger partial charge in [0.2, 0.25) is 0 Å². The van der Waals surface area contributed by atoms with E-state index in [0.717, 1.165) is 42.7 Å². The second-order valence-corrected chi connectivity index (χ2v) is 0. The van der Waals surface area contributed by atoms with Crippen molar-refractivity contribution in [1.82, 2.24) is 0 Å². The summed E-state index contributed by atoms with van der Waals surface area (Å²) in [7, 11) is 0. The van der Waals surface area contributed by atoms with Crippen molar-refractivity contribution in [2.45, 2.75) is 0 Å². The maximum absolute atomic E-state index is 7.83. The van der Waals surface area contributed by atoms with Crippen LogP contribution in [-0.4, -0.2) is 46.9 Å². The van der Waals surface area contributed by atoms with Crippen molar-refractivity contribution in [3.8, 4) is 0 Å². The second kappa shape index (κ2) is 18.2. The van der Waals surface area contributed by atoms with E-state index < -0.39 is 0 Å². The minimum atomic E-state index is 1.03. The Hall–Kier alpha value is 2.39. The summed E-state index contributed by atoms with van der Waals surface area (Å²) < 4.78 is 7.83. The third-order valence-corrected chi connectivity index (χ3v) is 0. The molecule has 0 fully saturated rings. The number of hydrogen-bond acceptors (Lipinski definition) is 2. The molecule has 0 aromatic rings. The van der Waals surface area contributed by atoms with Crippen molar-refractivity contribution in [2.24, 2.45) is 0 Å². The fourth-order valence-corrected chi connectivity index (χ4v) is 0. The molecule has 0 amide bonds. The Morgan fingerprint density at radius 2 is 1.50 bits per heavy atom. The first-order valence-electron chi connectivity index (χ1n) is 0.545. The summed E-state index contributed by atoms with van der Waals surface area (Å²) in [5, 5.41) is 0. The van der Waals surface area contributed by atoms with E-state index in [4.69, 9.17) is 4.21 Å². The van der Waals surface area contributed by atoms with Gasteiger partial charge < -0.3 is 0 Å². The monoisotopic (exact) mass is 214 g/mol. The van der Waals surface area contributed by atoms with E-state index in [1.54, 1.807) is 0 Å². The number of hydrogen-bond donors (Lipinski definition) is 0. The number of halogens is 1. The molecule has 20 valence electrons. The van der Waals surface area contributed by atoms with E-state index in [-0.39, 0.29) is 0 Å². The molecule has 4 heteroatoms. The van der Waals surface area contributed by atoms with Gasteiger partial charge in [0.05, 0.1) is 0 Å². The average molecular weight is 214 g/mol. The standard InChI is InChI=1S/HI.K.OS/c;;1-2/h1H;;/q;+1;/p-1. The fourth-order valence-electron chi connectivity index (χ4n) is 0. The molecule has 0 aromatic carbocycles. The van der Waals surface area contributed by atoms with E-state index >= 15 is 0 Å². The first-order chi connectivity index (χ1) is 2.00. The van der Waals surface area contributed by atoms with Gasteiger partial charge in [-0.2, -0.15) is 4.21 Å². The molecule has 0 spiro atoms. The minimum absolute atomic E-state index is 1.03. The Labute approximate surface area is 68.5 Å². The second-order valence-electron chi connectivity index (χ2n) is 0. The molecule has 0 aliphatic carbocycles. The van der Waals surface area contributed by atoms with E-state index in [1.165, 1.54) is 0 Å². The summed E-state index contributed by atoms with van der Waals surface area (Å²) in [6.45, 7) is 0. The molecule has 0 saturated carbocycles. The third kappa shape index (κ3) is 8.83. The van der Waals surface area contributed by atoms with Gasteiger partial charge in [-0.3, -0.25) is 0 Å². The molecule has 0 bridgehead atoms. The molecule has 0 atom stereocenters. The Bertz CT molecular complexity index is 8.00. The zero-order valence-electron chi connectivity index (χ0n) is 2.19. The summed E-state index contributed by atoms with van der Waals surface area (Å²) in [5.74, 6) is 0. The van der Waals surface area contributed by atoms with Crippen molar-refractivity contribution >= 4 is 66.5 Å². The van der Waals surface area contributed by atoms with Crippen molar-refractivity contribution in [1.29, 1.82) is 0 Å². The molecular formula is IKOS. The van der Waals surface area contributed by atoms with Crippen LogP contribution in [0.25, 0.3) is 0 Å². The fraction of sp³-hybridized carbons (Fsp3) is 0. The van der Waals surface area contributed by atoms with Gasteiger partial charge >= 0.3 is 54.0 Å². The van der Waals surface area contributed by atoms with Gasteiger partial charge in [-0.1, -0.05) is 0 Å². The van der Waals surface area contributed by atoms with Crippen LogP contribution in [-0.2, 0) is 12.5 Å². The molecule has 0 aromatic heterocycles. The van der Waals surface area contributed by atoms with Crippen LogP contribution in [0.5, 0.6) is 0 Å². The van der Waals surface area contributed by atoms with E-state index in [0.29, 0.717) is 0 Å². The summed E-state index contributed by atoms with van der Waals surface area (Å²) >= 11 is 6.20. The van der Waals surface area contributed by atoms with E-state index in [2.05, 4.69) is 23.8 Å². The summed E-state index contributed by atoms with van der Waals surface area (Å²) in [6.07, 6.45) is 0. The molecule has 0 heterocycles. The van der Waals surface area contributed by atoms with Crippen LogP contribution in [0.3, 0.4) is 0 Å². The van der Waals surface area contributed by atoms with Crippen LogP contribution in [0, 0.1) is 0 Å². The molecule has 0 aliphatic heterocycles. The molecular weight excluding hydrogens is 214 g/mol. The molecule has 0 saturated heterocycles. The SMILES string of the molecule is O=S.[K][I]. The topological polar surface area (TPSA) is 17.1 Å². The van der Waals surface area contributed by atoms with Crippen LogP contribution in [0.4, 0.5) is 0 Å². The van der Waals surface area contributed by atoms with Crippen LogP contribution < -0.4 is 0 Å². The molecule has 0 rings (SSSR count). The average Bonchev–Trinajstić information content (AvgIpc) is 1.50. The Morgan fingerprint density at radius 3 is 1.50 bits per heavy atom. The Kier molecular flexibility index (Phi) is 43.8. The van der Waals surface area contributed by atoms with Gasteiger partial charge in [-0.15, -0.1) is 0 Å². The normalized spacial score (nSPS) is 2.75. The van der Waals surface area contributed by atoms with Crippen LogP contribution in [0.15, 0.2) is 0 Å². The predicted molar refractivity (Wildman–Crippen MR) is 27.9 cm³/mol. The van der Waals surface area contributed by atoms with Crippen molar-refractivity contribution in [3.05, 3.63) is 0 Å². The van der Waals surface area contributed by atoms with Crippen LogP contribution in [0.1, 0.15) is 0 Å². The van der Waals surface area contributed by atoms with Gasteiger partial charge in [-0.05, 0) is 0 Å². The quantitative estimate of drug-likeness (QED) is 0.422. The molecule has 4 heavy (non-hydrogen) atoms. The molecule has 0 radical (unpaired) electrons. The van der Waals surface area contributed by atoms with Gasteiger partial charge in [0.25, 0.3) is 0 Å². The van der Waals surface area contributed by atoms with Gasteiger partial charge in [-0.25, -0.2) is 0 Å². The van der Waals surface area contributed by atoms with Crippen molar-refractivity contribution in [3.63, 3.8) is 0 Å². The van der Waals surface area contributed by atoms with Gasteiger partial charge in [0.15, 0.2) is 12.5 Å². The molecule has 1 nitrogen and oxygen atoms in total. The van der Waals surface area contributed by atoms with E-state index in [1.807, 2.05) is 0 Å². The first-order valence-corrected chi connectivity index (χ1v) is 11.0. The predicted octanol–water partition coefficient (Wildman–Crippen LogP) is 0.169. The van der Waals surface area contributed by atoms with E-state index in [9.17, 15) is 0 Å². The third-order valence-electron chi connectivity index (χ3n) is 0. The molecule has 0 unspecified atom stereocenters. The summed E-state index contributed by atoms with van der Waals surface area (Å²) in [4.78, 5) is 0. The van der Waals surface area contributed by atoms with Crippen LogP contribution in [0.2, 0.25) is 0 Å². The first kappa shape index (κ1) is 9.63. The maximum atomic E-state index is 7.83. The number of rotatable bonds is 0. The van der Waals surface area contributed by atoms with Crippen molar-refractivity contribution < 1.29 is 4.21 Å². The van der Waals surface area contributed by atoms with Gasteiger partial charge in [0, 0.05) is 0 Å². The summed E-state index contributed by atoms with van der Waals surface area (Å²) in [5.41, 5.74) is 0. The Morgan fingerprint density at radius 1 is 1.50 bits per heavy atom. The van der Waals surface area contributed by atoms with Gasteiger partial charge in [0.1, 0.15) is 0 Å².